The number of sulfone groups is 1. The fraction of sp³-hybridized carbons (Fsp3) is 0.688. The van der Waals surface area contributed by atoms with Crippen molar-refractivity contribution in [3.63, 3.8) is 0 Å². The van der Waals surface area contributed by atoms with E-state index in [2.05, 4.69) is 5.32 Å². The van der Waals surface area contributed by atoms with Crippen LogP contribution in [-0.2, 0) is 9.84 Å². The van der Waals surface area contributed by atoms with Gasteiger partial charge in [-0.15, -0.1) is 11.3 Å². The molecule has 0 radical (unpaired) electrons. The summed E-state index contributed by atoms with van der Waals surface area (Å²) in [6.07, 6.45) is 4.97. The molecule has 23 heavy (non-hydrogen) atoms. The number of nitrogens with one attached hydrogen (secondary N) is 1. The first-order valence-corrected chi connectivity index (χ1v) is 10.7. The SMILES string of the molecule is CS(=O)(=O)c1ccc(C(=O)NC2C3CC4CC2CC(F)(C4)C3)s1. The quantitative estimate of drug-likeness (QED) is 0.905. The van der Waals surface area contributed by atoms with Crippen LogP contribution < -0.4 is 5.32 Å². The Labute approximate surface area is 139 Å². The highest BCUT2D eigenvalue weighted by atomic mass is 32.2. The lowest BCUT2D eigenvalue weighted by Gasteiger charge is -2.56. The van der Waals surface area contributed by atoms with Crippen LogP contribution in [0.1, 0.15) is 41.8 Å². The van der Waals surface area contributed by atoms with Crippen molar-refractivity contribution in [2.75, 3.05) is 6.26 Å². The van der Waals surface area contributed by atoms with Gasteiger partial charge in [-0.1, -0.05) is 0 Å². The summed E-state index contributed by atoms with van der Waals surface area (Å²) in [5.74, 6) is 0.702. The van der Waals surface area contributed by atoms with E-state index in [-0.39, 0.29) is 28.0 Å². The molecule has 1 N–H and O–H groups in total. The lowest BCUT2D eigenvalue weighted by molar-refractivity contribution is -0.0906. The molecule has 0 aromatic carbocycles. The molecule has 1 aromatic heterocycles. The van der Waals surface area contributed by atoms with Gasteiger partial charge in [0, 0.05) is 12.3 Å². The van der Waals surface area contributed by atoms with Crippen LogP contribution in [0.5, 0.6) is 0 Å². The van der Waals surface area contributed by atoms with E-state index in [0.29, 0.717) is 30.1 Å². The molecule has 4 saturated carbocycles. The Kier molecular flexibility index (Phi) is 3.40. The lowest BCUT2D eigenvalue weighted by atomic mass is 9.53. The summed E-state index contributed by atoms with van der Waals surface area (Å²) in [5, 5.41) is 3.07. The molecule has 5 rings (SSSR count). The van der Waals surface area contributed by atoms with Crippen molar-refractivity contribution in [1.82, 2.24) is 5.32 Å². The number of hydrogen-bond acceptors (Lipinski definition) is 4. The summed E-state index contributed by atoms with van der Waals surface area (Å²) in [6, 6.07) is 3.07. The summed E-state index contributed by atoms with van der Waals surface area (Å²) < 4.78 is 37.9. The third kappa shape index (κ3) is 2.71. The molecule has 4 bridgehead atoms. The van der Waals surface area contributed by atoms with Crippen LogP contribution in [0, 0.1) is 17.8 Å². The number of hydrogen-bond donors (Lipinski definition) is 1. The van der Waals surface area contributed by atoms with E-state index in [1.165, 1.54) is 6.07 Å². The number of carbonyl (C=O) groups is 1. The van der Waals surface area contributed by atoms with Crippen LogP contribution in [0.4, 0.5) is 4.39 Å². The Bertz CT molecular complexity index is 741. The number of halogens is 1. The molecule has 1 heterocycles. The molecule has 1 amide bonds. The molecule has 4 nitrogen and oxygen atoms in total. The van der Waals surface area contributed by atoms with Gasteiger partial charge < -0.3 is 5.32 Å². The van der Waals surface area contributed by atoms with Crippen molar-refractivity contribution < 1.29 is 17.6 Å². The third-order valence-corrected chi connectivity index (χ3v) is 8.57. The van der Waals surface area contributed by atoms with E-state index < -0.39 is 15.5 Å². The second-order valence-electron chi connectivity index (χ2n) is 7.51. The molecule has 1 aromatic rings. The van der Waals surface area contributed by atoms with Gasteiger partial charge in [-0.2, -0.15) is 0 Å². The fourth-order valence-corrected chi connectivity index (χ4v) is 6.86. The summed E-state index contributed by atoms with van der Waals surface area (Å²) in [4.78, 5) is 12.9. The molecule has 4 fully saturated rings. The molecule has 0 saturated heterocycles. The molecule has 4 aliphatic rings. The zero-order chi connectivity index (χ0) is 16.4. The van der Waals surface area contributed by atoms with Crippen LogP contribution >= 0.6 is 11.3 Å². The maximum Gasteiger partial charge on any atom is 0.261 e. The first-order chi connectivity index (χ1) is 10.7. The second kappa shape index (κ2) is 5.02. The minimum Gasteiger partial charge on any atom is -0.348 e. The fourth-order valence-electron chi connectivity index (χ4n) is 5.02. The van der Waals surface area contributed by atoms with Crippen molar-refractivity contribution in [3.8, 4) is 0 Å². The molecular formula is C16H20FNO3S2. The van der Waals surface area contributed by atoms with E-state index in [0.717, 1.165) is 30.4 Å². The molecule has 0 spiro atoms. The molecule has 0 aliphatic heterocycles. The summed E-state index contributed by atoms with van der Waals surface area (Å²) >= 11 is 0.999. The number of rotatable bonds is 3. The predicted molar refractivity (Wildman–Crippen MR) is 86.1 cm³/mol. The molecule has 7 heteroatoms. The van der Waals surface area contributed by atoms with Gasteiger partial charge in [-0.3, -0.25) is 4.79 Å². The number of alkyl halides is 1. The Morgan fingerprint density at radius 3 is 2.43 bits per heavy atom. The van der Waals surface area contributed by atoms with Gasteiger partial charge >= 0.3 is 0 Å². The summed E-state index contributed by atoms with van der Waals surface area (Å²) in [5.41, 5.74) is -1.01. The highest BCUT2D eigenvalue weighted by Crippen LogP contribution is 2.57. The summed E-state index contributed by atoms with van der Waals surface area (Å²) in [7, 11) is -3.28. The average molecular weight is 357 g/mol. The first-order valence-electron chi connectivity index (χ1n) is 8.03. The van der Waals surface area contributed by atoms with E-state index in [1.54, 1.807) is 6.07 Å². The summed E-state index contributed by atoms with van der Waals surface area (Å²) in [6.45, 7) is 0. The Balaban J connectivity index is 1.50. The number of thiophene rings is 1. The minimum absolute atomic E-state index is 0.0340. The normalized spacial score (nSPS) is 38.7. The largest absolute Gasteiger partial charge is 0.348 e. The topological polar surface area (TPSA) is 63.2 Å². The van der Waals surface area contributed by atoms with Gasteiger partial charge in [0.15, 0.2) is 9.84 Å². The standard InChI is InChI=1S/C16H20FNO3S2/c1-23(20,21)13-3-2-12(22-13)15(19)18-14-10-4-9-5-11(14)8-16(17,6-9)7-10/h2-3,9-11,14H,4-8H2,1H3,(H,18,19). The Morgan fingerprint density at radius 2 is 1.91 bits per heavy atom. The van der Waals surface area contributed by atoms with Crippen molar-refractivity contribution in [1.29, 1.82) is 0 Å². The van der Waals surface area contributed by atoms with Gasteiger partial charge in [-0.25, -0.2) is 12.8 Å². The highest BCUT2D eigenvalue weighted by Gasteiger charge is 2.56. The van der Waals surface area contributed by atoms with Crippen LogP contribution in [0.2, 0.25) is 0 Å². The highest BCUT2D eigenvalue weighted by molar-refractivity contribution is 7.92. The molecule has 2 unspecified atom stereocenters. The van der Waals surface area contributed by atoms with Crippen molar-refractivity contribution in [2.45, 2.75) is 48.0 Å². The van der Waals surface area contributed by atoms with E-state index in [9.17, 15) is 17.6 Å². The van der Waals surface area contributed by atoms with Gasteiger partial charge in [0.2, 0.25) is 0 Å². The van der Waals surface area contributed by atoms with Gasteiger partial charge in [0.05, 0.1) is 4.88 Å². The maximum atomic E-state index is 14.7. The van der Waals surface area contributed by atoms with E-state index in [1.807, 2.05) is 0 Å². The van der Waals surface area contributed by atoms with Gasteiger partial charge in [0.25, 0.3) is 5.91 Å². The number of amides is 1. The van der Waals surface area contributed by atoms with Crippen LogP contribution in [-0.4, -0.2) is 32.3 Å². The zero-order valence-electron chi connectivity index (χ0n) is 12.9. The minimum atomic E-state index is -3.28. The molecule has 126 valence electrons. The van der Waals surface area contributed by atoms with Crippen molar-refractivity contribution in [2.24, 2.45) is 17.8 Å². The van der Waals surface area contributed by atoms with Gasteiger partial charge in [0.1, 0.15) is 9.88 Å². The maximum absolute atomic E-state index is 14.7. The lowest BCUT2D eigenvalue weighted by Crippen LogP contribution is -2.60. The van der Waals surface area contributed by atoms with Crippen LogP contribution in [0.15, 0.2) is 16.3 Å². The third-order valence-electron chi connectivity index (χ3n) is 5.67. The van der Waals surface area contributed by atoms with E-state index in [4.69, 9.17) is 0 Å². The van der Waals surface area contributed by atoms with Crippen LogP contribution in [0.3, 0.4) is 0 Å². The van der Waals surface area contributed by atoms with E-state index >= 15 is 0 Å². The Morgan fingerprint density at radius 1 is 1.26 bits per heavy atom. The van der Waals surface area contributed by atoms with Gasteiger partial charge in [-0.05, 0) is 62.0 Å². The Hall–Kier alpha value is -0.950. The molecule has 2 atom stereocenters. The molecular weight excluding hydrogens is 337 g/mol. The van der Waals surface area contributed by atoms with Crippen molar-refractivity contribution in [3.05, 3.63) is 17.0 Å². The first kappa shape index (κ1) is 15.6. The molecule has 4 aliphatic carbocycles. The second-order valence-corrected chi connectivity index (χ2v) is 10.8. The zero-order valence-corrected chi connectivity index (χ0v) is 14.6. The monoisotopic (exact) mass is 357 g/mol. The van der Waals surface area contributed by atoms with Crippen LogP contribution in [0.25, 0.3) is 0 Å². The van der Waals surface area contributed by atoms with Crippen molar-refractivity contribution >= 4 is 27.1 Å². The average Bonchev–Trinajstić information content (AvgIpc) is 2.90. The predicted octanol–water partition coefficient (Wildman–Crippen LogP) is 2.80. The number of carbonyl (C=O) groups excluding carboxylic acids is 1. The smallest absolute Gasteiger partial charge is 0.261 e.